The fourth-order valence-electron chi connectivity index (χ4n) is 2.46. The zero-order chi connectivity index (χ0) is 18.8. The summed E-state index contributed by atoms with van der Waals surface area (Å²) in [6.45, 7) is 4.58. The molecular weight excluding hydrogens is 350 g/mol. The van der Waals surface area contributed by atoms with Crippen molar-refractivity contribution in [2.75, 3.05) is 50.7 Å². The second kappa shape index (κ2) is 10.8. The van der Waals surface area contributed by atoms with E-state index in [0.717, 1.165) is 35.3 Å². The highest BCUT2D eigenvalue weighted by Crippen LogP contribution is 2.37. The maximum atomic E-state index is 6.13. The summed E-state index contributed by atoms with van der Waals surface area (Å²) in [7, 11) is 1.85. The number of ether oxygens (including phenoxy) is 2. The summed E-state index contributed by atoms with van der Waals surface area (Å²) in [6, 6.07) is 5.82. The summed E-state index contributed by atoms with van der Waals surface area (Å²) in [6.07, 6.45) is 4.64. The van der Waals surface area contributed by atoms with Crippen molar-refractivity contribution in [3.8, 4) is 5.75 Å². The molecular formula is C18H27N5O2S. The third-order valence-electron chi connectivity index (χ3n) is 3.66. The number of nitrogens with zero attached hydrogens (tertiary/aromatic N) is 2. The zero-order valence-corrected chi connectivity index (χ0v) is 16.4. The van der Waals surface area contributed by atoms with Crippen molar-refractivity contribution >= 4 is 46.3 Å². The number of anilines is 2. The van der Waals surface area contributed by atoms with Gasteiger partial charge in [0.25, 0.3) is 0 Å². The highest BCUT2D eigenvalue weighted by molar-refractivity contribution is 7.96. The molecule has 1 aromatic heterocycles. The lowest BCUT2D eigenvalue weighted by Gasteiger charge is -2.13. The highest BCUT2D eigenvalue weighted by Gasteiger charge is 2.12. The number of nitrogens with one attached hydrogen (secondary N) is 2. The van der Waals surface area contributed by atoms with Gasteiger partial charge in [-0.25, -0.2) is 4.98 Å². The SMILES string of the molecule is CCOCC=Nc1c(N)nc2cc(OCCCNSC)ccc2c1NC. The molecule has 142 valence electrons. The van der Waals surface area contributed by atoms with Crippen molar-refractivity contribution in [2.45, 2.75) is 13.3 Å². The Morgan fingerprint density at radius 2 is 2.23 bits per heavy atom. The van der Waals surface area contributed by atoms with Gasteiger partial charge in [0, 0.05) is 37.9 Å². The first-order valence-electron chi connectivity index (χ1n) is 8.61. The molecule has 0 aliphatic rings. The van der Waals surface area contributed by atoms with E-state index in [1.54, 1.807) is 18.2 Å². The Kier molecular flexibility index (Phi) is 8.46. The van der Waals surface area contributed by atoms with Gasteiger partial charge in [0.1, 0.15) is 11.4 Å². The van der Waals surface area contributed by atoms with E-state index in [4.69, 9.17) is 15.2 Å². The average Bonchev–Trinajstić information content (AvgIpc) is 2.65. The molecule has 0 bridgehead atoms. The molecule has 0 aliphatic carbocycles. The molecule has 0 amide bonds. The second-order valence-corrected chi connectivity index (χ2v) is 6.12. The molecule has 0 fully saturated rings. The number of nitrogen functional groups attached to an aromatic ring is 1. The topological polar surface area (TPSA) is 93.8 Å². The fourth-order valence-corrected chi connectivity index (χ4v) is 2.81. The highest BCUT2D eigenvalue weighted by atomic mass is 32.2. The molecule has 7 nitrogen and oxygen atoms in total. The van der Waals surface area contributed by atoms with Gasteiger partial charge >= 0.3 is 0 Å². The van der Waals surface area contributed by atoms with Crippen LogP contribution >= 0.6 is 11.9 Å². The number of hydrogen-bond acceptors (Lipinski definition) is 8. The van der Waals surface area contributed by atoms with Crippen LogP contribution in [0, 0.1) is 0 Å². The van der Waals surface area contributed by atoms with Crippen molar-refractivity contribution in [2.24, 2.45) is 4.99 Å². The van der Waals surface area contributed by atoms with E-state index in [-0.39, 0.29) is 0 Å². The smallest absolute Gasteiger partial charge is 0.152 e. The largest absolute Gasteiger partial charge is 0.493 e. The summed E-state index contributed by atoms with van der Waals surface area (Å²) >= 11 is 1.61. The molecule has 0 aliphatic heterocycles. The lowest BCUT2D eigenvalue weighted by atomic mass is 10.1. The minimum absolute atomic E-state index is 0.371. The monoisotopic (exact) mass is 377 g/mol. The van der Waals surface area contributed by atoms with Crippen LogP contribution < -0.4 is 20.5 Å². The summed E-state index contributed by atoms with van der Waals surface area (Å²) in [5, 5.41) is 4.13. The Balaban J connectivity index is 2.20. The quantitative estimate of drug-likeness (QED) is 0.314. The van der Waals surface area contributed by atoms with E-state index in [2.05, 4.69) is 20.0 Å². The van der Waals surface area contributed by atoms with E-state index >= 15 is 0 Å². The average molecular weight is 378 g/mol. The number of aliphatic imine (C=N–C) groups is 1. The van der Waals surface area contributed by atoms with E-state index in [0.29, 0.717) is 31.3 Å². The zero-order valence-electron chi connectivity index (χ0n) is 15.5. The molecule has 0 saturated carbocycles. The van der Waals surface area contributed by atoms with Crippen LogP contribution in [0.25, 0.3) is 10.9 Å². The van der Waals surface area contributed by atoms with Crippen LogP contribution in [0.3, 0.4) is 0 Å². The molecule has 2 rings (SSSR count). The molecule has 1 heterocycles. The molecule has 4 N–H and O–H groups in total. The fraction of sp³-hybridized carbons (Fsp3) is 0.444. The molecule has 8 heteroatoms. The van der Waals surface area contributed by atoms with Gasteiger partial charge in [-0.3, -0.25) is 9.71 Å². The van der Waals surface area contributed by atoms with E-state index in [9.17, 15) is 0 Å². The van der Waals surface area contributed by atoms with Gasteiger partial charge in [0.15, 0.2) is 5.82 Å². The van der Waals surface area contributed by atoms with E-state index in [1.807, 2.05) is 38.4 Å². The van der Waals surface area contributed by atoms with Crippen LogP contribution in [0.4, 0.5) is 17.2 Å². The van der Waals surface area contributed by atoms with Crippen LogP contribution in [-0.2, 0) is 4.74 Å². The Hall–Kier alpha value is -2.03. The predicted octanol–water partition coefficient (Wildman–Crippen LogP) is 3.23. The number of benzene rings is 1. The minimum atomic E-state index is 0.371. The van der Waals surface area contributed by atoms with E-state index in [1.165, 1.54) is 0 Å². The molecule has 0 spiro atoms. The van der Waals surface area contributed by atoms with E-state index < -0.39 is 0 Å². The Morgan fingerprint density at radius 1 is 1.38 bits per heavy atom. The molecule has 0 unspecified atom stereocenters. The molecule has 1 aromatic carbocycles. The number of aromatic nitrogens is 1. The summed E-state index contributed by atoms with van der Waals surface area (Å²) in [5.41, 5.74) is 8.36. The van der Waals surface area contributed by atoms with Crippen molar-refractivity contribution in [1.29, 1.82) is 0 Å². The van der Waals surface area contributed by atoms with Gasteiger partial charge < -0.3 is 20.5 Å². The number of hydrogen-bond donors (Lipinski definition) is 3. The van der Waals surface area contributed by atoms with Crippen LogP contribution in [0.5, 0.6) is 5.75 Å². The normalized spacial score (nSPS) is 11.3. The van der Waals surface area contributed by atoms with Crippen LogP contribution in [0.1, 0.15) is 13.3 Å². The minimum Gasteiger partial charge on any atom is -0.493 e. The standard InChI is InChI=1S/C18H27N5O2S/c1-4-24-11-9-21-17-16(20-2)14-7-6-13(12-15(14)23-18(17)19)25-10-5-8-22-26-3/h6-7,9,12,22H,4-5,8,10-11H2,1-3H3,(H3,19,20,23). The van der Waals surface area contributed by atoms with Gasteiger partial charge in [0.05, 0.1) is 24.4 Å². The second-order valence-electron chi connectivity index (χ2n) is 5.42. The van der Waals surface area contributed by atoms with Crippen molar-refractivity contribution in [3.05, 3.63) is 18.2 Å². The van der Waals surface area contributed by atoms with Gasteiger partial charge in [-0.1, -0.05) is 11.9 Å². The van der Waals surface area contributed by atoms with Crippen molar-refractivity contribution < 1.29 is 9.47 Å². The number of rotatable bonds is 11. The molecule has 0 radical (unpaired) electrons. The van der Waals surface area contributed by atoms with Crippen LogP contribution in [-0.4, -0.2) is 50.9 Å². The first-order valence-corrected chi connectivity index (χ1v) is 9.83. The van der Waals surface area contributed by atoms with Crippen molar-refractivity contribution in [3.63, 3.8) is 0 Å². The van der Waals surface area contributed by atoms with Crippen LogP contribution in [0.15, 0.2) is 23.2 Å². The van der Waals surface area contributed by atoms with Gasteiger partial charge in [-0.05, 0) is 31.7 Å². The van der Waals surface area contributed by atoms with Crippen molar-refractivity contribution in [1.82, 2.24) is 9.71 Å². The lowest BCUT2D eigenvalue weighted by Crippen LogP contribution is -2.09. The van der Waals surface area contributed by atoms with Gasteiger partial charge in [0.2, 0.25) is 0 Å². The first-order chi connectivity index (χ1) is 12.7. The molecule has 0 atom stereocenters. The molecule has 26 heavy (non-hydrogen) atoms. The van der Waals surface area contributed by atoms with Crippen LogP contribution in [0.2, 0.25) is 0 Å². The maximum Gasteiger partial charge on any atom is 0.152 e. The Labute approximate surface area is 158 Å². The third kappa shape index (κ3) is 5.48. The lowest BCUT2D eigenvalue weighted by molar-refractivity contribution is 0.190. The predicted molar refractivity (Wildman–Crippen MR) is 112 cm³/mol. The first kappa shape index (κ1) is 20.3. The Morgan fingerprint density at radius 3 is 2.96 bits per heavy atom. The molecule has 0 saturated heterocycles. The van der Waals surface area contributed by atoms with Gasteiger partial charge in [-0.15, -0.1) is 0 Å². The number of pyridine rings is 1. The summed E-state index contributed by atoms with van der Waals surface area (Å²) in [5.74, 6) is 1.15. The Bertz CT molecular complexity index is 739. The third-order valence-corrected chi connectivity index (χ3v) is 4.15. The molecule has 2 aromatic rings. The number of nitrogens with two attached hydrogens (primary N) is 1. The maximum absolute atomic E-state index is 6.13. The summed E-state index contributed by atoms with van der Waals surface area (Å²) < 4.78 is 14.3. The van der Waals surface area contributed by atoms with Gasteiger partial charge in [-0.2, -0.15) is 0 Å². The summed E-state index contributed by atoms with van der Waals surface area (Å²) in [4.78, 5) is 8.91. The number of fused-ring (bicyclic) bond motifs is 1.